The zero-order valence-electron chi connectivity index (χ0n) is 13.3. The van der Waals surface area contributed by atoms with Crippen molar-refractivity contribution in [2.75, 3.05) is 5.32 Å². The summed E-state index contributed by atoms with van der Waals surface area (Å²) in [5.41, 5.74) is 0.657. The standard InChI is InChI=1S/C16H12ClFN2O5S/c1-10-8-12(4-6-15(10)26(18,24)25)19-16(21)7-3-11-2-5-13(20(22)23)9-14(11)17/h2-9H,1H3,(H,19,21)/b7-3+. The van der Waals surface area contributed by atoms with E-state index < -0.39 is 25.9 Å². The van der Waals surface area contributed by atoms with Crippen molar-refractivity contribution in [1.29, 1.82) is 0 Å². The van der Waals surface area contributed by atoms with Crippen LogP contribution in [0.5, 0.6) is 0 Å². The van der Waals surface area contributed by atoms with E-state index in [9.17, 15) is 27.2 Å². The van der Waals surface area contributed by atoms with E-state index in [1.807, 2.05) is 0 Å². The average Bonchev–Trinajstić information content (AvgIpc) is 2.52. The van der Waals surface area contributed by atoms with Gasteiger partial charge in [0.1, 0.15) is 4.90 Å². The van der Waals surface area contributed by atoms with Crippen molar-refractivity contribution in [2.45, 2.75) is 11.8 Å². The molecule has 1 N–H and O–H groups in total. The molecule has 7 nitrogen and oxygen atoms in total. The van der Waals surface area contributed by atoms with Crippen molar-refractivity contribution < 1.29 is 22.0 Å². The molecule has 0 atom stereocenters. The van der Waals surface area contributed by atoms with Gasteiger partial charge in [-0.25, -0.2) is 0 Å². The van der Waals surface area contributed by atoms with Gasteiger partial charge in [-0.15, -0.1) is 3.89 Å². The molecule has 0 spiro atoms. The second kappa shape index (κ2) is 7.63. The molecule has 0 aliphatic carbocycles. The van der Waals surface area contributed by atoms with E-state index in [1.54, 1.807) is 0 Å². The number of nitrogens with zero attached hydrogens (tertiary/aromatic N) is 1. The molecule has 2 aromatic carbocycles. The van der Waals surface area contributed by atoms with Crippen LogP contribution in [-0.4, -0.2) is 19.2 Å². The molecule has 2 aromatic rings. The maximum atomic E-state index is 13.0. The summed E-state index contributed by atoms with van der Waals surface area (Å²) >= 11 is 5.92. The maximum Gasteiger partial charge on any atom is 0.332 e. The van der Waals surface area contributed by atoms with Gasteiger partial charge in [-0.3, -0.25) is 14.9 Å². The molecule has 26 heavy (non-hydrogen) atoms. The van der Waals surface area contributed by atoms with Crippen LogP contribution in [0.25, 0.3) is 6.08 Å². The van der Waals surface area contributed by atoms with Gasteiger partial charge in [-0.1, -0.05) is 11.6 Å². The average molecular weight is 399 g/mol. The number of nitrogens with one attached hydrogen (secondary N) is 1. The van der Waals surface area contributed by atoms with Crippen LogP contribution in [0.1, 0.15) is 11.1 Å². The van der Waals surface area contributed by atoms with Crippen molar-refractivity contribution in [3.05, 3.63) is 68.7 Å². The summed E-state index contributed by atoms with van der Waals surface area (Å²) in [6.07, 6.45) is 2.52. The van der Waals surface area contributed by atoms with Crippen LogP contribution in [-0.2, 0) is 15.0 Å². The number of nitro groups is 1. The number of aryl methyl sites for hydroxylation is 1. The van der Waals surface area contributed by atoms with Crippen molar-refractivity contribution in [2.24, 2.45) is 0 Å². The number of halogens is 2. The quantitative estimate of drug-likeness (QED) is 0.356. The Bertz CT molecular complexity index is 1020. The number of hydrogen-bond donors (Lipinski definition) is 1. The summed E-state index contributed by atoms with van der Waals surface area (Å²) < 4.78 is 34.9. The maximum absolute atomic E-state index is 13.0. The number of nitro benzene ring substituents is 1. The van der Waals surface area contributed by atoms with Gasteiger partial charge in [0.25, 0.3) is 5.69 Å². The Labute approximate surface area is 153 Å². The van der Waals surface area contributed by atoms with Crippen molar-refractivity contribution in [1.82, 2.24) is 0 Å². The zero-order valence-corrected chi connectivity index (χ0v) is 14.8. The third-order valence-corrected chi connectivity index (χ3v) is 4.63. The van der Waals surface area contributed by atoms with Crippen LogP contribution in [0.15, 0.2) is 47.4 Å². The molecule has 2 rings (SSSR count). The molecular formula is C16H12ClFN2O5S. The second-order valence-corrected chi connectivity index (χ2v) is 6.93. The Kier molecular flexibility index (Phi) is 5.73. The van der Waals surface area contributed by atoms with Gasteiger partial charge in [-0.2, -0.15) is 8.42 Å². The van der Waals surface area contributed by atoms with Crippen LogP contribution >= 0.6 is 11.6 Å². The van der Waals surface area contributed by atoms with Gasteiger partial charge >= 0.3 is 10.2 Å². The number of benzene rings is 2. The first-order chi connectivity index (χ1) is 12.1. The molecule has 0 saturated carbocycles. The second-order valence-electron chi connectivity index (χ2n) is 5.20. The smallest absolute Gasteiger partial charge is 0.323 e. The largest absolute Gasteiger partial charge is 0.332 e. The monoisotopic (exact) mass is 398 g/mol. The number of rotatable bonds is 5. The first-order valence-corrected chi connectivity index (χ1v) is 8.82. The van der Waals surface area contributed by atoms with E-state index in [2.05, 4.69) is 5.32 Å². The number of carbonyl (C=O) groups excluding carboxylic acids is 1. The fourth-order valence-electron chi connectivity index (χ4n) is 2.11. The van der Waals surface area contributed by atoms with Crippen LogP contribution < -0.4 is 5.32 Å². The molecule has 0 aliphatic rings. The molecule has 0 unspecified atom stereocenters. The number of carbonyl (C=O) groups is 1. The molecular weight excluding hydrogens is 387 g/mol. The highest BCUT2D eigenvalue weighted by Gasteiger charge is 2.15. The third kappa shape index (κ3) is 4.87. The zero-order chi connectivity index (χ0) is 19.5. The Morgan fingerprint density at radius 3 is 2.50 bits per heavy atom. The van der Waals surface area contributed by atoms with Gasteiger partial charge in [0.2, 0.25) is 5.91 Å². The van der Waals surface area contributed by atoms with E-state index in [0.29, 0.717) is 5.56 Å². The summed E-state index contributed by atoms with van der Waals surface area (Å²) in [4.78, 5) is 21.5. The minimum absolute atomic E-state index is 0.108. The SMILES string of the molecule is Cc1cc(NC(=O)/C=C/c2ccc([N+](=O)[O-])cc2Cl)ccc1S(=O)(=O)F. The van der Waals surface area contributed by atoms with Crippen molar-refractivity contribution >= 4 is 45.2 Å². The van der Waals surface area contributed by atoms with E-state index in [0.717, 1.165) is 12.1 Å². The van der Waals surface area contributed by atoms with Crippen LogP contribution in [0.4, 0.5) is 15.3 Å². The van der Waals surface area contributed by atoms with E-state index >= 15 is 0 Å². The molecule has 0 aliphatic heterocycles. The molecule has 0 aromatic heterocycles. The summed E-state index contributed by atoms with van der Waals surface area (Å²) in [7, 11) is -4.83. The summed E-state index contributed by atoms with van der Waals surface area (Å²) in [5.74, 6) is -0.547. The number of hydrogen-bond acceptors (Lipinski definition) is 5. The van der Waals surface area contributed by atoms with Gasteiger partial charge < -0.3 is 5.32 Å². The number of non-ortho nitro benzene ring substituents is 1. The van der Waals surface area contributed by atoms with Crippen LogP contribution in [0.3, 0.4) is 0 Å². The van der Waals surface area contributed by atoms with Crippen LogP contribution in [0.2, 0.25) is 5.02 Å². The lowest BCUT2D eigenvalue weighted by molar-refractivity contribution is -0.384. The van der Waals surface area contributed by atoms with Crippen molar-refractivity contribution in [3.63, 3.8) is 0 Å². The minimum atomic E-state index is -4.83. The first-order valence-electron chi connectivity index (χ1n) is 7.06. The third-order valence-electron chi connectivity index (χ3n) is 3.31. The summed E-state index contributed by atoms with van der Waals surface area (Å²) in [6, 6.07) is 7.44. The highest BCUT2D eigenvalue weighted by molar-refractivity contribution is 7.86. The summed E-state index contributed by atoms with van der Waals surface area (Å²) in [5, 5.41) is 13.2. The van der Waals surface area contributed by atoms with Gasteiger partial charge in [-0.05, 0) is 48.4 Å². The van der Waals surface area contributed by atoms with Crippen LogP contribution in [0, 0.1) is 17.0 Å². The topological polar surface area (TPSA) is 106 Å². The highest BCUT2D eigenvalue weighted by Crippen LogP contribution is 2.24. The Morgan fingerprint density at radius 2 is 1.96 bits per heavy atom. The fraction of sp³-hybridized carbons (Fsp3) is 0.0625. The lowest BCUT2D eigenvalue weighted by Gasteiger charge is -2.06. The molecule has 0 fully saturated rings. The molecule has 10 heteroatoms. The molecule has 0 radical (unpaired) electrons. The molecule has 136 valence electrons. The molecule has 0 heterocycles. The minimum Gasteiger partial charge on any atom is -0.323 e. The van der Waals surface area contributed by atoms with Crippen molar-refractivity contribution in [3.8, 4) is 0 Å². The normalized spacial score (nSPS) is 11.5. The first kappa shape index (κ1) is 19.5. The fourth-order valence-corrected chi connectivity index (χ4v) is 3.03. The highest BCUT2D eigenvalue weighted by atomic mass is 35.5. The number of anilines is 1. The Hall–Kier alpha value is -2.78. The molecule has 0 saturated heterocycles. The lowest BCUT2D eigenvalue weighted by Crippen LogP contribution is -2.08. The van der Waals surface area contributed by atoms with Gasteiger partial charge in [0.15, 0.2) is 0 Å². The Balaban J connectivity index is 2.13. The number of amides is 1. The van der Waals surface area contributed by atoms with E-state index in [4.69, 9.17) is 11.6 Å². The van der Waals surface area contributed by atoms with Gasteiger partial charge in [0, 0.05) is 23.9 Å². The van der Waals surface area contributed by atoms with E-state index in [1.165, 1.54) is 43.3 Å². The molecule has 0 bridgehead atoms. The van der Waals surface area contributed by atoms with E-state index in [-0.39, 0.29) is 22.0 Å². The Morgan fingerprint density at radius 1 is 1.27 bits per heavy atom. The van der Waals surface area contributed by atoms with Gasteiger partial charge in [0.05, 0.1) is 9.95 Å². The lowest BCUT2D eigenvalue weighted by atomic mass is 10.2. The predicted molar refractivity (Wildman–Crippen MR) is 95.2 cm³/mol. The molecule has 1 amide bonds. The predicted octanol–water partition coefficient (Wildman–Crippen LogP) is 3.87. The summed E-state index contributed by atoms with van der Waals surface area (Å²) in [6.45, 7) is 1.40.